The molecule has 1 N–H and O–H groups in total. The van der Waals surface area contributed by atoms with E-state index in [4.69, 9.17) is 9.15 Å². The number of amides is 1. The van der Waals surface area contributed by atoms with Crippen molar-refractivity contribution in [3.8, 4) is 5.75 Å². The second-order valence-electron chi connectivity index (χ2n) is 5.28. The van der Waals surface area contributed by atoms with Crippen LogP contribution in [0, 0.1) is 10.1 Å². The molecule has 0 aliphatic heterocycles. The quantitative estimate of drug-likeness (QED) is 0.533. The number of aromatic nitrogens is 2. The van der Waals surface area contributed by atoms with Crippen molar-refractivity contribution in [1.82, 2.24) is 10.2 Å². The maximum atomic E-state index is 12.1. The van der Waals surface area contributed by atoms with Crippen LogP contribution in [0.25, 0.3) is 0 Å². The summed E-state index contributed by atoms with van der Waals surface area (Å²) in [6, 6.07) is 12.5. The third-order valence-electron chi connectivity index (χ3n) is 3.54. The lowest BCUT2D eigenvalue weighted by Crippen LogP contribution is -2.12. The van der Waals surface area contributed by atoms with E-state index in [-0.39, 0.29) is 17.3 Å². The van der Waals surface area contributed by atoms with Crippen molar-refractivity contribution in [3.63, 3.8) is 0 Å². The number of anilines is 1. The van der Waals surface area contributed by atoms with Crippen molar-refractivity contribution in [2.24, 2.45) is 0 Å². The van der Waals surface area contributed by atoms with Crippen LogP contribution < -0.4 is 10.1 Å². The zero-order chi connectivity index (χ0) is 18.5. The minimum absolute atomic E-state index is 0.0446. The predicted molar refractivity (Wildman–Crippen MR) is 91.1 cm³/mol. The number of nitrogens with zero attached hydrogens (tertiary/aromatic N) is 3. The summed E-state index contributed by atoms with van der Waals surface area (Å²) < 4.78 is 10.5. The van der Waals surface area contributed by atoms with Gasteiger partial charge in [-0.3, -0.25) is 20.2 Å². The Morgan fingerprint density at radius 3 is 2.46 bits per heavy atom. The molecule has 0 bridgehead atoms. The summed E-state index contributed by atoms with van der Waals surface area (Å²) in [6.07, 6.45) is 0.407. The van der Waals surface area contributed by atoms with Crippen LogP contribution in [0.5, 0.6) is 5.75 Å². The average molecular weight is 354 g/mol. The Balaban J connectivity index is 1.63. The summed E-state index contributed by atoms with van der Waals surface area (Å²) in [7, 11) is 1.59. The molecule has 9 heteroatoms. The Morgan fingerprint density at radius 2 is 1.85 bits per heavy atom. The number of carbonyl (C=O) groups excluding carboxylic acids is 1. The maximum Gasteiger partial charge on any atom is 0.322 e. The Kier molecular flexibility index (Phi) is 4.88. The fraction of sp³-hybridized carbons (Fsp3) is 0.118. The smallest absolute Gasteiger partial charge is 0.322 e. The molecule has 0 saturated heterocycles. The Labute approximate surface area is 147 Å². The number of non-ortho nitro benzene ring substituents is 1. The summed E-state index contributed by atoms with van der Waals surface area (Å²) in [4.78, 5) is 22.2. The van der Waals surface area contributed by atoms with Gasteiger partial charge in [-0.05, 0) is 29.8 Å². The van der Waals surface area contributed by atoms with E-state index >= 15 is 0 Å². The van der Waals surface area contributed by atoms with E-state index in [1.165, 1.54) is 24.3 Å². The summed E-state index contributed by atoms with van der Waals surface area (Å²) >= 11 is 0. The summed E-state index contributed by atoms with van der Waals surface area (Å²) in [5.41, 5.74) is 1.09. The van der Waals surface area contributed by atoms with Crippen LogP contribution in [0.2, 0.25) is 0 Å². The summed E-state index contributed by atoms with van der Waals surface area (Å²) in [5.74, 6) is 0.587. The molecule has 1 amide bonds. The van der Waals surface area contributed by atoms with Crippen LogP contribution in [0.3, 0.4) is 0 Å². The van der Waals surface area contributed by atoms with Gasteiger partial charge < -0.3 is 9.15 Å². The molecule has 3 rings (SSSR count). The highest BCUT2D eigenvalue weighted by Crippen LogP contribution is 2.17. The van der Waals surface area contributed by atoms with Gasteiger partial charge in [-0.25, -0.2) is 0 Å². The van der Waals surface area contributed by atoms with E-state index in [1.54, 1.807) is 7.11 Å². The molecule has 0 saturated carbocycles. The van der Waals surface area contributed by atoms with E-state index < -0.39 is 10.8 Å². The lowest BCUT2D eigenvalue weighted by Gasteiger charge is -2.01. The summed E-state index contributed by atoms with van der Waals surface area (Å²) in [5, 5.41) is 20.8. The van der Waals surface area contributed by atoms with E-state index in [9.17, 15) is 14.9 Å². The zero-order valence-corrected chi connectivity index (χ0v) is 13.7. The van der Waals surface area contributed by atoms with E-state index in [2.05, 4.69) is 15.5 Å². The number of hydrogen-bond acceptors (Lipinski definition) is 7. The van der Waals surface area contributed by atoms with Gasteiger partial charge in [0.05, 0.1) is 18.5 Å². The Bertz CT molecular complexity index is 919. The zero-order valence-electron chi connectivity index (χ0n) is 13.7. The number of nitrogens with one attached hydrogen (secondary N) is 1. The van der Waals surface area contributed by atoms with Gasteiger partial charge >= 0.3 is 6.01 Å². The van der Waals surface area contributed by atoms with Crippen LogP contribution in [-0.2, 0) is 6.42 Å². The third-order valence-corrected chi connectivity index (χ3v) is 3.54. The third kappa shape index (κ3) is 4.01. The first-order valence-electron chi connectivity index (χ1n) is 7.56. The van der Waals surface area contributed by atoms with Gasteiger partial charge in [0.15, 0.2) is 0 Å². The molecule has 9 nitrogen and oxygen atoms in total. The topological polar surface area (TPSA) is 120 Å². The van der Waals surface area contributed by atoms with Crippen molar-refractivity contribution in [2.45, 2.75) is 6.42 Å². The minimum atomic E-state index is -0.537. The number of nitro benzene ring substituents is 1. The SMILES string of the molecule is COc1ccc(Cc2nnc(NC(=O)c3ccc([N+](=O)[O-])cc3)o2)cc1. The number of hydrogen-bond donors (Lipinski definition) is 1. The van der Waals surface area contributed by atoms with Gasteiger partial charge in [0.25, 0.3) is 11.6 Å². The van der Waals surface area contributed by atoms with Crippen LogP contribution in [0.4, 0.5) is 11.7 Å². The molecule has 1 aromatic heterocycles. The highest BCUT2D eigenvalue weighted by atomic mass is 16.6. The lowest BCUT2D eigenvalue weighted by atomic mass is 10.1. The first-order chi connectivity index (χ1) is 12.5. The number of methoxy groups -OCH3 is 1. The monoisotopic (exact) mass is 354 g/mol. The van der Waals surface area contributed by atoms with Crippen LogP contribution in [0.15, 0.2) is 52.9 Å². The van der Waals surface area contributed by atoms with Crippen molar-refractivity contribution < 1.29 is 18.9 Å². The molecule has 0 radical (unpaired) electrons. The molecule has 132 valence electrons. The van der Waals surface area contributed by atoms with Crippen molar-refractivity contribution in [1.29, 1.82) is 0 Å². The standard InChI is InChI=1S/C17H14N4O5/c1-25-14-8-2-11(3-9-14)10-15-19-20-17(26-15)18-16(22)12-4-6-13(7-5-12)21(23)24/h2-9H,10H2,1H3,(H,18,20,22). The second-order valence-corrected chi connectivity index (χ2v) is 5.28. The number of ether oxygens (including phenoxy) is 1. The fourth-order valence-corrected chi connectivity index (χ4v) is 2.20. The molecule has 26 heavy (non-hydrogen) atoms. The molecule has 0 aliphatic rings. The molecular formula is C17H14N4O5. The van der Waals surface area contributed by atoms with E-state index in [0.717, 1.165) is 11.3 Å². The normalized spacial score (nSPS) is 10.3. The maximum absolute atomic E-state index is 12.1. The largest absolute Gasteiger partial charge is 0.497 e. The number of nitro groups is 1. The molecule has 3 aromatic rings. The first-order valence-corrected chi connectivity index (χ1v) is 7.56. The van der Waals surface area contributed by atoms with Gasteiger partial charge in [-0.2, -0.15) is 0 Å². The molecule has 0 spiro atoms. The van der Waals surface area contributed by atoms with Crippen LogP contribution in [-0.4, -0.2) is 28.1 Å². The van der Waals surface area contributed by atoms with Gasteiger partial charge in [-0.15, -0.1) is 5.10 Å². The molecule has 0 unspecified atom stereocenters. The fourth-order valence-electron chi connectivity index (χ4n) is 2.20. The number of carbonyl (C=O) groups is 1. The predicted octanol–water partition coefficient (Wildman–Crippen LogP) is 2.83. The minimum Gasteiger partial charge on any atom is -0.497 e. The first kappa shape index (κ1) is 17.1. The Morgan fingerprint density at radius 1 is 1.15 bits per heavy atom. The molecular weight excluding hydrogens is 340 g/mol. The lowest BCUT2D eigenvalue weighted by molar-refractivity contribution is -0.384. The van der Waals surface area contributed by atoms with Gasteiger partial charge in [0, 0.05) is 17.7 Å². The summed E-state index contributed by atoms with van der Waals surface area (Å²) in [6.45, 7) is 0. The molecule has 0 aliphatic carbocycles. The van der Waals surface area contributed by atoms with Gasteiger partial charge in [0.1, 0.15) is 5.75 Å². The molecule has 1 heterocycles. The van der Waals surface area contributed by atoms with Crippen molar-refractivity contribution in [3.05, 3.63) is 75.7 Å². The second kappa shape index (κ2) is 7.43. The molecule has 2 aromatic carbocycles. The van der Waals surface area contributed by atoms with E-state index in [1.807, 2.05) is 24.3 Å². The Hall–Kier alpha value is -3.75. The van der Waals surface area contributed by atoms with Crippen LogP contribution >= 0.6 is 0 Å². The molecule has 0 atom stereocenters. The van der Waals surface area contributed by atoms with Crippen molar-refractivity contribution in [2.75, 3.05) is 12.4 Å². The van der Waals surface area contributed by atoms with E-state index in [0.29, 0.717) is 12.3 Å². The van der Waals surface area contributed by atoms with Crippen LogP contribution in [0.1, 0.15) is 21.8 Å². The number of rotatable bonds is 6. The van der Waals surface area contributed by atoms with Crippen molar-refractivity contribution >= 4 is 17.6 Å². The number of benzene rings is 2. The highest BCUT2D eigenvalue weighted by Gasteiger charge is 2.13. The van der Waals surface area contributed by atoms with Gasteiger partial charge in [-0.1, -0.05) is 17.2 Å². The highest BCUT2D eigenvalue weighted by molar-refractivity contribution is 6.03. The van der Waals surface area contributed by atoms with Gasteiger partial charge in [0.2, 0.25) is 5.89 Å². The molecule has 0 fully saturated rings. The average Bonchev–Trinajstić information content (AvgIpc) is 3.09.